The Morgan fingerprint density at radius 2 is 1.91 bits per heavy atom. The number of ether oxygens (including phenoxy) is 2. The fraction of sp³-hybridized carbons (Fsp3) is 0.889. The van der Waals surface area contributed by atoms with Gasteiger partial charge in [-0.2, -0.15) is 0 Å². The number of hydrogen-bond donors (Lipinski definition) is 1. The molecule has 128 valence electrons. The molecule has 1 saturated heterocycles. The van der Waals surface area contributed by atoms with Gasteiger partial charge in [0, 0.05) is 18.9 Å². The lowest BCUT2D eigenvalue weighted by molar-refractivity contribution is -0.251. The van der Waals surface area contributed by atoms with Gasteiger partial charge in [-0.1, -0.05) is 26.2 Å². The molecule has 1 N–H and O–H groups in total. The van der Waals surface area contributed by atoms with Gasteiger partial charge in [0.1, 0.15) is 6.10 Å². The Morgan fingerprint density at radius 3 is 2.59 bits per heavy atom. The lowest BCUT2D eigenvalue weighted by Gasteiger charge is -2.40. The van der Waals surface area contributed by atoms with E-state index in [1.165, 1.54) is 25.7 Å². The van der Waals surface area contributed by atoms with Crippen molar-refractivity contribution in [2.24, 2.45) is 0 Å². The first-order chi connectivity index (χ1) is 10.6. The second kappa shape index (κ2) is 11.0. The number of hydrogen-bond acceptors (Lipinski definition) is 4. The summed E-state index contributed by atoms with van der Waals surface area (Å²) in [5, 5.41) is 10.3. The molecule has 22 heavy (non-hydrogen) atoms. The smallest absolute Gasteiger partial charge is 0.185 e. The Morgan fingerprint density at radius 1 is 1.18 bits per heavy atom. The fourth-order valence-electron chi connectivity index (χ4n) is 2.72. The third kappa shape index (κ3) is 7.11. The lowest BCUT2D eigenvalue weighted by Crippen LogP contribution is -2.54. The van der Waals surface area contributed by atoms with Crippen LogP contribution in [0.25, 0.3) is 0 Å². The maximum atomic E-state index is 10.3. The minimum atomic E-state index is -0.604. The first-order valence-electron chi connectivity index (χ1n) is 8.63. The van der Waals surface area contributed by atoms with Crippen LogP contribution in [-0.4, -0.2) is 55.2 Å². The molecule has 0 radical (unpaired) electrons. The van der Waals surface area contributed by atoms with E-state index >= 15 is 0 Å². The highest BCUT2D eigenvalue weighted by Gasteiger charge is 2.37. The van der Waals surface area contributed by atoms with Crippen LogP contribution in [0.2, 0.25) is 0 Å². The largest absolute Gasteiger partial charge is 0.386 e. The summed E-state index contributed by atoms with van der Waals surface area (Å²) in [5.41, 5.74) is 0. The van der Waals surface area contributed by atoms with Crippen LogP contribution in [0.1, 0.15) is 58.8 Å². The zero-order chi connectivity index (χ0) is 16.4. The Kier molecular flexibility index (Phi) is 9.74. The van der Waals surface area contributed by atoms with Gasteiger partial charge in [-0.05, 0) is 33.9 Å². The van der Waals surface area contributed by atoms with Gasteiger partial charge in [0.25, 0.3) is 0 Å². The molecule has 0 amide bonds. The van der Waals surface area contributed by atoms with Gasteiger partial charge in [0.05, 0.1) is 12.7 Å². The van der Waals surface area contributed by atoms with Gasteiger partial charge < -0.3 is 19.5 Å². The molecule has 0 aromatic carbocycles. The summed E-state index contributed by atoms with van der Waals surface area (Å²) >= 11 is 0. The molecule has 4 atom stereocenters. The molecule has 0 aromatic heterocycles. The lowest BCUT2D eigenvalue weighted by atomic mass is 9.99. The molecule has 1 rings (SSSR count). The van der Waals surface area contributed by atoms with Crippen molar-refractivity contribution in [3.63, 3.8) is 0 Å². The van der Waals surface area contributed by atoms with Gasteiger partial charge in [0.15, 0.2) is 6.29 Å². The van der Waals surface area contributed by atoms with Crippen LogP contribution in [-0.2, 0) is 9.47 Å². The monoisotopic (exact) mass is 311 g/mol. The number of rotatable bonds is 8. The van der Waals surface area contributed by atoms with Crippen LogP contribution in [0.4, 0.5) is 0 Å². The summed E-state index contributed by atoms with van der Waals surface area (Å²) in [6, 6.07) is 0.0819. The van der Waals surface area contributed by atoms with Crippen molar-refractivity contribution in [3.8, 4) is 11.8 Å². The van der Waals surface area contributed by atoms with Gasteiger partial charge in [0.2, 0.25) is 0 Å². The third-order valence-corrected chi connectivity index (χ3v) is 4.07. The minimum Gasteiger partial charge on any atom is -0.386 e. The summed E-state index contributed by atoms with van der Waals surface area (Å²) in [6.07, 6.45) is 6.47. The van der Waals surface area contributed by atoms with Crippen LogP contribution in [0.15, 0.2) is 0 Å². The molecule has 1 aliphatic heterocycles. The molecule has 0 bridgehead atoms. The van der Waals surface area contributed by atoms with Crippen molar-refractivity contribution in [2.45, 2.75) is 83.3 Å². The summed E-state index contributed by atoms with van der Waals surface area (Å²) in [5.74, 6) is 6.33. The maximum Gasteiger partial charge on any atom is 0.185 e. The van der Waals surface area contributed by atoms with Gasteiger partial charge >= 0.3 is 0 Å². The molecule has 4 unspecified atom stereocenters. The van der Waals surface area contributed by atoms with Crippen molar-refractivity contribution >= 4 is 0 Å². The first-order valence-corrected chi connectivity index (χ1v) is 8.63. The van der Waals surface area contributed by atoms with Crippen molar-refractivity contribution in [2.75, 3.05) is 20.7 Å². The van der Waals surface area contributed by atoms with Crippen LogP contribution < -0.4 is 0 Å². The SMILES string of the molecule is CCCCCCC#CCCOC1OC(C)CC(N(C)C)C1O. The Hall–Kier alpha value is -0.600. The summed E-state index contributed by atoms with van der Waals surface area (Å²) in [6.45, 7) is 4.75. The predicted molar refractivity (Wildman–Crippen MR) is 89.5 cm³/mol. The van der Waals surface area contributed by atoms with Crippen LogP contribution in [0, 0.1) is 11.8 Å². The van der Waals surface area contributed by atoms with Crippen molar-refractivity contribution in [1.29, 1.82) is 0 Å². The molecule has 4 heteroatoms. The summed E-state index contributed by atoms with van der Waals surface area (Å²) < 4.78 is 11.4. The highest BCUT2D eigenvalue weighted by molar-refractivity contribution is 4.98. The van der Waals surface area contributed by atoms with Crippen LogP contribution in [0.5, 0.6) is 0 Å². The number of unbranched alkanes of at least 4 members (excludes halogenated alkanes) is 4. The molecule has 1 aliphatic rings. The molecular weight excluding hydrogens is 278 g/mol. The molecule has 1 fully saturated rings. The van der Waals surface area contributed by atoms with E-state index in [0.29, 0.717) is 13.0 Å². The first kappa shape index (κ1) is 19.4. The Labute approximate surface area is 136 Å². The van der Waals surface area contributed by atoms with Gasteiger partial charge in [-0.15, -0.1) is 11.8 Å². The van der Waals surface area contributed by atoms with Crippen molar-refractivity contribution in [1.82, 2.24) is 4.90 Å². The number of likely N-dealkylation sites (N-methyl/N-ethyl adjacent to an activating group) is 1. The van der Waals surface area contributed by atoms with Gasteiger partial charge in [-0.3, -0.25) is 0 Å². The Bertz CT molecular complexity index is 348. The standard InChI is InChI=1S/C18H33NO3/c1-5-6-7-8-9-10-11-12-13-21-18-17(20)16(19(3)4)14-15(2)22-18/h15-18,20H,5-9,12-14H2,1-4H3. The second-order valence-corrected chi connectivity index (χ2v) is 6.36. The minimum absolute atomic E-state index is 0.0819. The molecule has 0 saturated carbocycles. The Balaban J connectivity index is 2.22. The van der Waals surface area contributed by atoms with E-state index < -0.39 is 12.4 Å². The fourth-order valence-corrected chi connectivity index (χ4v) is 2.72. The second-order valence-electron chi connectivity index (χ2n) is 6.36. The van der Waals surface area contributed by atoms with E-state index in [1.54, 1.807) is 0 Å². The summed E-state index contributed by atoms with van der Waals surface area (Å²) in [7, 11) is 3.96. The number of aliphatic hydroxyl groups is 1. The van der Waals surface area contributed by atoms with E-state index in [1.807, 2.05) is 25.9 Å². The molecule has 1 heterocycles. The quantitative estimate of drug-likeness (QED) is 0.553. The average molecular weight is 311 g/mol. The average Bonchev–Trinajstić information content (AvgIpc) is 2.48. The van der Waals surface area contributed by atoms with Gasteiger partial charge in [-0.25, -0.2) is 0 Å². The van der Waals surface area contributed by atoms with E-state index in [9.17, 15) is 5.11 Å². The summed E-state index contributed by atoms with van der Waals surface area (Å²) in [4.78, 5) is 2.04. The van der Waals surface area contributed by atoms with E-state index in [-0.39, 0.29) is 12.1 Å². The molecule has 0 spiro atoms. The zero-order valence-electron chi connectivity index (χ0n) is 14.7. The molecule has 4 nitrogen and oxygen atoms in total. The molecule has 0 aliphatic carbocycles. The molecule has 0 aromatic rings. The number of aliphatic hydroxyl groups excluding tert-OH is 1. The van der Waals surface area contributed by atoms with Crippen LogP contribution in [0.3, 0.4) is 0 Å². The normalized spacial score (nSPS) is 28.5. The predicted octanol–water partition coefficient (Wildman–Crippen LogP) is 2.79. The third-order valence-electron chi connectivity index (χ3n) is 4.07. The van der Waals surface area contributed by atoms with Crippen LogP contribution >= 0.6 is 0 Å². The highest BCUT2D eigenvalue weighted by Crippen LogP contribution is 2.23. The van der Waals surface area contributed by atoms with E-state index in [0.717, 1.165) is 12.8 Å². The maximum absolute atomic E-state index is 10.3. The van der Waals surface area contributed by atoms with Crippen molar-refractivity contribution < 1.29 is 14.6 Å². The molecular formula is C18H33NO3. The van der Waals surface area contributed by atoms with E-state index in [4.69, 9.17) is 9.47 Å². The number of nitrogens with zero attached hydrogens (tertiary/aromatic N) is 1. The zero-order valence-corrected chi connectivity index (χ0v) is 14.7. The topological polar surface area (TPSA) is 41.9 Å². The van der Waals surface area contributed by atoms with Crippen molar-refractivity contribution in [3.05, 3.63) is 0 Å². The van der Waals surface area contributed by atoms with E-state index in [2.05, 4.69) is 18.8 Å². The highest BCUT2D eigenvalue weighted by atomic mass is 16.7.